The van der Waals surface area contributed by atoms with Crippen LogP contribution in [0, 0.1) is 6.92 Å². The molecule has 100 valence electrons. The summed E-state index contributed by atoms with van der Waals surface area (Å²) in [7, 11) is 0. The summed E-state index contributed by atoms with van der Waals surface area (Å²) in [5.74, 6) is 0.0157. The molecule has 0 heterocycles. The first kappa shape index (κ1) is 14.5. The van der Waals surface area contributed by atoms with Crippen molar-refractivity contribution < 1.29 is 9.53 Å². The molecule has 4 nitrogen and oxygen atoms in total. The third-order valence-electron chi connectivity index (χ3n) is 2.87. The standard InChI is InChI=1S/C14H22N2O2/c1-4-16(8-9-18-5-2)14(17)13-10-12(15)7-6-11(13)3/h6-7,10H,4-5,8-9,15H2,1-3H3. The lowest BCUT2D eigenvalue weighted by Crippen LogP contribution is -2.34. The summed E-state index contributed by atoms with van der Waals surface area (Å²) in [4.78, 5) is 14.1. The Hall–Kier alpha value is -1.55. The number of anilines is 1. The molecule has 0 aliphatic carbocycles. The molecule has 0 unspecified atom stereocenters. The number of rotatable bonds is 6. The van der Waals surface area contributed by atoms with Crippen molar-refractivity contribution in [2.45, 2.75) is 20.8 Å². The maximum absolute atomic E-state index is 12.4. The molecule has 0 radical (unpaired) electrons. The van der Waals surface area contributed by atoms with Gasteiger partial charge in [0, 0.05) is 30.9 Å². The highest BCUT2D eigenvalue weighted by molar-refractivity contribution is 5.96. The third kappa shape index (κ3) is 3.74. The predicted octanol–water partition coefficient (Wildman–Crippen LogP) is 2.08. The van der Waals surface area contributed by atoms with E-state index in [0.717, 1.165) is 5.56 Å². The summed E-state index contributed by atoms with van der Waals surface area (Å²) < 4.78 is 5.29. The Morgan fingerprint density at radius 3 is 2.72 bits per heavy atom. The van der Waals surface area contributed by atoms with Crippen LogP contribution in [-0.2, 0) is 4.74 Å². The Kier molecular flexibility index (Phi) is 5.65. The van der Waals surface area contributed by atoms with Crippen molar-refractivity contribution in [3.05, 3.63) is 29.3 Å². The van der Waals surface area contributed by atoms with E-state index in [1.54, 1.807) is 11.0 Å². The first-order valence-corrected chi connectivity index (χ1v) is 6.33. The van der Waals surface area contributed by atoms with Gasteiger partial charge in [-0.1, -0.05) is 6.07 Å². The molecule has 1 rings (SSSR count). The van der Waals surface area contributed by atoms with Gasteiger partial charge in [0.25, 0.3) is 5.91 Å². The van der Waals surface area contributed by atoms with Gasteiger partial charge in [0.2, 0.25) is 0 Å². The summed E-state index contributed by atoms with van der Waals surface area (Å²) >= 11 is 0. The van der Waals surface area contributed by atoms with Crippen molar-refractivity contribution in [3.8, 4) is 0 Å². The maximum Gasteiger partial charge on any atom is 0.254 e. The SMILES string of the molecule is CCOCCN(CC)C(=O)c1cc(N)ccc1C. The molecule has 4 heteroatoms. The average Bonchev–Trinajstić information content (AvgIpc) is 2.37. The van der Waals surface area contributed by atoms with Crippen molar-refractivity contribution in [1.29, 1.82) is 0 Å². The molecule has 0 aliphatic rings. The number of ether oxygens (including phenoxy) is 1. The molecule has 0 saturated heterocycles. The van der Waals surface area contributed by atoms with E-state index in [9.17, 15) is 4.79 Å². The van der Waals surface area contributed by atoms with Gasteiger partial charge in [0.05, 0.1) is 6.61 Å². The maximum atomic E-state index is 12.4. The van der Waals surface area contributed by atoms with E-state index < -0.39 is 0 Å². The highest BCUT2D eigenvalue weighted by atomic mass is 16.5. The summed E-state index contributed by atoms with van der Waals surface area (Å²) in [5.41, 5.74) is 7.97. The minimum Gasteiger partial charge on any atom is -0.399 e. The number of hydrogen-bond donors (Lipinski definition) is 1. The Bertz CT molecular complexity index is 405. The van der Waals surface area contributed by atoms with Crippen molar-refractivity contribution >= 4 is 11.6 Å². The van der Waals surface area contributed by atoms with Gasteiger partial charge in [0.15, 0.2) is 0 Å². The molecule has 1 amide bonds. The molecule has 0 aliphatic heterocycles. The Balaban J connectivity index is 2.79. The number of likely N-dealkylation sites (N-methyl/N-ethyl adjacent to an activating group) is 1. The van der Waals surface area contributed by atoms with Crippen LogP contribution in [0.5, 0.6) is 0 Å². The van der Waals surface area contributed by atoms with E-state index >= 15 is 0 Å². The molecule has 0 bridgehead atoms. The minimum atomic E-state index is 0.0157. The van der Waals surface area contributed by atoms with Gasteiger partial charge in [-0.3, -0.25) is 4.79 Å². The zero-order valence-corrected chi connectivity index (χ0v) is 11.4. The first-order chi connectivity index (χ1) is 8.60. The van der Waals surface area contributed by atoms with E-state index in [4.69, 9.17) is 10.5 Å². The summed E-state index contributed by atoms with van der Waals surface area (Å²) in [6.45, 7) is 8.34. The minimum absolute atomic E-state index is 0.0157. The molecule has 2 N–H and O–H groups in total. The van der Waals surface area contributed by atoms with Crippen LogP contribution in [0.25, 0.3) is 0 Å². The van der Waals surface area contributed by atoms with E-state index in [1.807, 2.05) is 32.9 Å². The van der Waals surface area contributed by atoms with Crippen molar-refractivity contribution in [3.63, 3.8) is 0 Å². The predicted molar refractivity (Wildman–Crippen MR) is 73.7 cm³/mol. The molecule has 18 heavy (non-hydrogen) atoms. The van der Waals surface area contributed by atoms with Gasteiger partial charge in [-0.25, -0.2) is 0 Å². The van der Waals surface area contributed by atoms with Gasteiger partial charge >= 0.3 is 0 Å². The van der Waals surface area contributed by atoms with Gasteiger partial charge in [-0.05, 0) is 38.5 Å². The van der Waals surface area contributed by atoms with Gasteiger partial charge < -0.3 is 15.4 Å². The summed E-state index contributed by atoms with van der Waals surface area (Å²) in [5, 5.41) is 0. The lowest BCUT2D eigenvalue weighted by Gasteiger charge is -2.21. The molecule has 1 aromatic carbocycles. The largest absolute Gasteiger partial charge is 0.399 e. The zero-order chi connectivity index (χ0) is 13.5. The van der Waals surface area contributed by atoms with Gasteiger partial charge in [-0.2, -0.15) is 0 Å². The molecular weight excluding hydrogens is 228 g/mol. The van der Waals surface area contributed by atoms with Crippen molar-refractivity contribution in [2.24, 2.45) is 0 Å². The molecule has 0 aromatic heterocycles. The molecular formula is C14H22N2O2. The fourth-order valence-electron chi connectivity index (χ4n) is 1.76. The van der Waals surface area contributed by atoms with E-state index in [0.29, 0.717) is 37.6 Å². The number of hydrogen-bond acceptors (Lipinski definition) is 3. The number of carbonyl (C=O) groups is 1. The van der Waals surface area contributed by atoms with E-state index in [-0.39, 0.29) is 5.91 Å². The number of nitrogens with zero attached hydrogens (tertiary/aromatic N) is 1. The quantitative estimate of drug-likeness (QED) is 0.621. The number of nitrogens with two attached hydrogens (primary N) is 1. The van der Waals surface area contributed by atoms with E-state index in [2.05, 4.69) is 0 Å². The lowest BCUT2D eigenvalue weighted by molar-refractivity contribution is 0.0668. The second kappa shape index (κ2) is 7.01. The van der Waals surface area contributed by atoms with Gasteiger partial charge in [0.1, 0.15) is 0 Å². The van der Waals surface area contributed by atoms with Crippen LogP contribution in [-0.4, -0.2) is 37.1 Å². The number of amides is 1. The van der Waals surface area contributed by atoms with Crippen LogP contribution in [0.4, 0.5) is 5.69 Å². The Labute approximate surface area is 109 Å². The fraction of sp³-hybridized carbons (Fsp3) is 0.500. The van der Waals surface area contributed by atoms with Crippen LogP contribution >= 0.6 is 0 Å². The second-order valence-electron chi connectivity index (χ2n) is 4.16. The highest BCUT2D eigenvalue weighted by Crippen LogP contribution is 2.15. The van der Waals surface area contributed by atoms with Crippen LogP contribution in [0.2, 0.25) is 0 Å². The fourth-order valence-corrected chi connectivity index (χ4v) is 1.76. The molecule has 1 aromatic rings. The lowest BCUT2D eigenvalue weighted by atomic mass is 10.1. The normalized spacial score (nSPS) is 10.4. The van der Waals surface area contributed by atoms with E-state index in [1.165, 1.54) is 0 Å². The monoisotopic (exact) mass is 250 g/mol. The molecule has 0 atom stereocenters. The number of benzene rings is 1. The first-order valence-electron chi connectivity index (χ1n) is 6.33. The second-order valence-corrected chi connectivity index (χ2v) is 4.16. The highest BCUT2D eigenvalue weighted by Gasteiger charge is 2.16. The molecule has 0 fully saturated rings. The number of nitrogen functional groups attached to an aromatic ring is 1. The Morgan fingerprint density at radius 1 is 1.39 bits per heavy atom. The van der Waals surface area contributed by atoms with Crippen LogP contribution in [0.15, 0.2) is 18.2 Å². The average molecular weight is 250 g/mol. The van der Waals surface area contributed by atoms with Gasteiger partial charge in [-0.15, -0.1) is 0 Å². The summed E-state index contributed by atoms with van der Waals surface area (Å²) in [6.07, 6.45) is 0. The van der Waals surface area contributed by atoms with Crippen LogP contribution in [0.1, 0.15) is 29.8 Å². The zero-order valence-electron chi connectivity index (χ0n) is 11.4. The molecule has 0 spiro atoms. The van der Waals surface area contributed by atoms with Crippen molar-refractivity contribution in [1.82, 2.24) is 4.90 Å². The Morgan fingerprint density at radius 2 is 2.11 bits per heavy atom. The number of aryl methyl sites for hydroxylation is 1. The summed E-state index contributed by atoms with van der Waals surface area (Å²) in [6, 6.07) is 5.42. The topological polar surface area (TPSA) is 55.6 Å². The molecule has 0 saturated carbocycles. The smallest absolute Gasteiger partial charge is 0.254 e. The van der Waals surface area contributed by atoms with Crippen LogP contribution < -0.4 is 5.73 Å². The van der Waals surface area contributed by atoms with Crippen molar-refractivity contribution in [2.75, 3.05) is 32.0 Å². The van der Waals surface area contributed by atoms with Crippen LogP contribution in [0.3, 0.4) is 0 Å². The number of carbonyl (C=O) groups excluding carboxylic acids is 1. The third-order valence-corrected chi connectivity index (χ3v) is 2.87.